The fraction of sp³-hybridized carbons (Fsp3) is 0.273. The monoisotopic (exact) mass is 583 g/mol. The van der Waals surface area contributed by atoms with Crippen LogP contribution in [0.4, 0.5) is 0 Å². The van der Waals surface area contributed by atoms with Gasteiger partial charge in [-0.25, -0.2) is 4.79 Å². The molecular weight excluding hydrogens is 550 g/mol. The van der Waals surface area contributed by atoms with Gasteiger partial charge in [0, 0.05) is 12.6 Å². The summed E-state index contributed by atoms with van der Waals surface area (Å²) in [6.07, 6.45) is -1.16. The van der Waals surface area contributed by atoms with E-state index >= 15 is 0 Å². The summed E-state index contributed by atoms with van der Waals surface area (Å²) in [6.45, 7) is 0.0325. The topological polar surface area (TPSA) is 138 Å². The van der Waals surface area contributed by atoms with Gasteiger partial charge in [0.05, 0.1) is 33.5 Å². The molecule has 1 aromatic heterocycles. The summed E-state index contributed by atoms with van der Waals surface area (Å²) < 4.78 is 25.1. The number of ether oxygens (including phenoxy) is 4. The zero-order valence-electron chi connectivity index (χ0n) is 23.9. The summed E-state index contributed by atoms with van der Waals surface area (Å²) in [5.74, 6) is 6.67. The van der Waals surface area contributed by atoms with Gasteiger partial charge in [-0.1, -0.05) is 66.4 Å². The second-order valence-electron chi connectivity index (χ2n) is 9.96. The van der Waals surface area contributed by atoms with Crippen molar-refractivity contribution in [3.05, 3.63) is 128 Å². The van der Waals surface area contributed by atoms with Gasteiger partial charge in [0.1, 0.15) is 35.0 Å². The van der Waals surface area contributed by atoms with Crippen molar-refractivity contribution >= 4 is 0 Å². The standard InChI is InChI=1S/C33H33N3O7/c1-40-26-14-10-24(11-15-26)33(23-8-4-3-5-9-23,25-12-16-27(41-2)17-13-25)42-21-29-28(37)19-30(43-29)36-20-22(7-6-18-34)31(38)35-32(36)39/h3-5,8-17,20,28-30,37H,18-19,21,34H2,1-2H3,(H,35,38,39)/t28-,29+,30+/m0/s1. The van der Waals surface area contributed by atoms with Crippen LogP contribution in [0.25, 0.3) is 0 Å². The van der Waals surface area contributed by atoms with E-state index in [9.17, 15) is 14.7 Å². The molecule has 1 saturated heterocycles. The smallest absolute Gasteiger partial charge is 0.330 e. The molecule has 222 valence electrons. The summed E-state index contributed by atoms with van der Waals surface area (Å²) in [7, 11) is 3.21. The van der Waals surface area contributed by atoms with E-state index < -0.39 is 35.3 Å². The molecule has 1 aliphatic rings. The maximum atomic E-state index is 12.7. The molecule has 0 radical (unpaired) electrons. The van der Waals surface area contributed by atoms with Gasteiger partial charge in [0.25, 0.3) is 5.56 Å². The second-order valence-corrected chi connectivity index (χ2v) is 9.96. The lowest BCUT2D eigenvalue weighted by Gasteiger charge is -2.37. The van der Waals surface area contributed by atoms with Gasteiger partial charge in [-0.2, -0.15) is 0 Å². The number of aliphatic hydroxyl groups excluding tert-OH is 1. The van der Waals surface area contributed by atoms with Crippen LogP contribution in [-0.2, 0) is 15.1 Å². The van der Waals surface area contributed by atoms with E-state index in [1.165, 1.54) is 10.8 Å². The van der Waals surface area contributed by atoms with E-state index in [4.69, 9.17) is 24.7 Å². The average molecular weight is 584 g/mol. The maximum Gasteiger partial charge on any atom is 0.330 e. The highest BCUT2D eigenvalue weighted by molar-refractivity contribution is 5.49. The SMILES string of the molecule is COc1ccc(C(OC[C@H]2O[C@@H](n3cc(C#CCN)c(=O)[nH]c3=O)C[C@@H]2O)(c2ccccc2)c2ccc(OC)cc2)cc1. The van der Waals surface area contributed by atoms with Gasteiger partial charge in [0.2, 0.25) is 0 Å². The Morgan fingerprint density at radius 3 is 2.09 bits per heavy atom. The molecule has 0 bridgehead atoms. The molecular formula is C33H33N3O7. The normalized spacial score (nSPS) is 18.1. The maximum absolute atomic E-state index is 12.7. The van der Waals surface area contributed by atoms with Crippen LogP contribution < -0.4 is 26.5 Å². The van der Waals surface area contributed by atoms with E-state index in [2.05, 4.69) is 16.8 Å². The number of aliphatic hydroxyl groups is 1. The number of methoxy groups -OCH3 is 2. The first-order valence-electron chi connectivity index (χ1n) is 13.8. The van der Waals surface area contributed by atoms with Gasteiger partial charge >= 0.3 is 5.69 Å². The lowest BCUT2D eigenvalue weighted by molar-refractivity contribution is -0.0944. The van der Waals surface area contributed by atoms with Crippen molar-refractivity contribution in [1.82, 2.24) is 9.55 Å². The van der Waals surface area contributed by atoms with Gasteiger partial charge < -0.3 is 29.8 Å². The van der Waals surface area contributed by atoms with Crippen LogP contribution in [0.2, 0.25) is 0 Å². The number of nitrogens with one attached hydrogen (secondary N) is 1. The molecule has 2 heterocycles. The first-order chi connectivity index (χ1) is 20.9. The van der Waals surface area contributed by atoms with Gasteiger partial charge in [-0.15, -0.1) is 0 Å². The van der Waals surface area contributed by atoms with Crippen molar-refractivity contribution in [1.29, 1.82) is 0 Å². The predicted molar refractivity (Wildman–Crippen MR) is 160 cm³/mol. The Hall–Kier alpha value is -4.66. The molecule has 0 aliphatic carbocycles. The van der Waals surface area contributed by atoms with Crippen molar-refractivity contribution in [2.45, 2.75) is 30.5 Å². The molecule has 4 N–H and O–H groups in total. The van der Waals surface area contributed by atoms with Crippen LogP contribution in [-0.4, -0.2) is 54.2 Å². The number of aromatic nitrogens is 2. The Kier molecular flexibility index (Phi) is 9.09. The molecule has 0 unspecified atom stereocenters. The third-order valence-corrected chi connectivity index (χ3v) is 7.44. The van der Waals surface area contributed by atoms with E-state index in [1.807, 2.05) is 78.9 Å². The Morgan fingerprint density at radius 2 is 1.53 bits per heavy atom. The molecule has 3 aromatic carbocycles. The molecule has 10 heteroatoms. The lowest BCUT2D eigenvalue weighted by Crippen LogP contribution is -2.38. The van der Waals surface area contributed by atoms with E-state index in [0.29, 0.717) is 11.5 Å². The number of aromatic amines is 1. The minimum atomic E-state index is -1.11. The number of benzene rings is 3. The Morgan fingerprint density at radius 1 is 0.953 bits per heavy atom. The second kappa shape index (κ2) is 13.1. The summed E-state index contributed by atoms with van der Waals surface area (Å²) >= 11 is 0. The highest BCUT2D eigenvalue weighted by Crippen LogP contribution is 2.42. The van der Waals surface area contributed by atoms with Crippen molar-refractivity contribution in [3.63, 3.8) is 0 Å². The molecule has 0 amide bonds. The lowest BCUT2D eigenvalue weighted by atomic mass is 9.80. The van der Waals surface area contributed by atoms with Crippen molar-refractivity contribution in [2.75, 3.05) is 27.4 Å². The van der Waals surface area contributed by atoms with Crippen LogP contribution in [0.5, 0.6) is 11.5 Å². The summed E-state index contributed by atoms with van der Waals surface area (Å²) in [5.41, 5.74) is 5.62. The van der Waals surface area contributed by atoms with Gasteiger partial charge in [0.15, 0.2) is 0 Å². The molecule has 5 rings (SSSR count). The van der Waals surface area contributed by atoms with Crippen LogP contribution in [0.3, 0.4) is 0 Å². The van der Waals surface area contributed by atoms with Crippen molar-refractivity contribution in [3.8, 4) is 23.3 Å². The zero-order chi connectivity index (χ0) is 30.4. The van der Waals surface area contributed by atoms with Crippen molar-refractivity contribution < 1.29 is 24.1 Å². The van der Waals surface area contributed by atoms with Crippen LogP contribution in [0.1, 0.15) is 34.9 Å². The van der Waals surface area contributed by atoms with E-state index in [0.717, 1.165) is 16.7 Å². The van der Waals surface area contributed by atoms with Crippen LogP contribution in [0, 0.1) is 11.8 Å². The van der Waals surface area contributed by atoms with Gasteiger partial charge in [-0.05, 0) is 41.0 Å². The zero-order valence-corrected chi connectivity index (χ0v) is 23.9. The number of nitrogens with two attached hydrogens (primary N) is 1. The molecule has 43 heavy (non-hydrogen) atoms. The number of H-pyrrole nitrogens is 1. The van der Waals surface area contributed by atoms with Crippen LogP contribution in [0.15, 0.2) is 94.6 Å². The Labute approximate surface area is 248 Å². The first-order valence-corrected chi connectivity index (χ1v) is 13.8. The molecule has 3 atom stereocenters. The van der Waals surface area contributed by atoms with Crippen molar-refractivity contribution in [2.24, 2.45) is 5.73 Å². The van der Waals surface area contributed by atoms with E-state index in [1.54, 1.807) is 14.2 Å². The van der Waals surface area contributed by atoms with Gasteiger partial charge in [-0.3, -0.25) is 14.3 Å². The first kappa shape index (κ1) is 29.8. The Balaban J connectivity index is 1.52. The fourth-order valence-corrected chi connectivity index (χ4v) is 5.25. The third-order valence-electron chi connectivity index (χ3n) is 7.44. The minimum absolute atomic E-state index is 0.0252. The number of nitrogens with zero attached hydrogens (tertiary/aromatic N) is 1. The summed E-state index contributed by atoms with van der Waals surface area (Å²) in [5, 5.41) is 11.1. The largest absolute Gasteiger partial charge is 0.497 e. The predicted octanol–water partition coefficient (Wildman–Crippen LogP) is 2.52. The molecule has 0 spiro atoms. The summed E-state index contributed by atoms with van der Waals surface area (Å²) in [6, 6.07) is 25.0. The minimum Gasteiger partial charge on any atom is -0.497 e. The number of hydrogen-bond acceptors (Lipinski definition) is 8. The third kappa shape index (κ3) is 6.11. The summed E-state index contributed by atoms with van der Waals surface area (Å²) in [4.78, 5) is 27.1. The fourth-order valence-electron chi connectivity index (χ4n) is 5.25. The molecule has 10 nitrogen and oxygen atoms in total. The highest BCUT2D eigenvalue weighted by atomic mass is 16.6. The number of hydrogen-bond donors (Lipinski definition) is 3. The molecule has 0 saturated carbocycles. The van der Waals surface area contributed by atoms with E-state index in [-0.39, 0.29) is 25.1 Å². The van der Waals surface area contributed by atoms with Crippen LogP contribution >= 0.6 is 0 Å². The molecule has 4 aromatic rings. The molecule has 1 fully saturated rings. The highest BCUT2D eigenvalue weighted by Gasteiger charge is 2.42. The average Bonchev–Trinajstić information content (AvgIpc) is 3.41. The molecule has 1 aliphatic heterocycles. The quantitative estimate of drug-likeness (QED) is 0.202. The number of rotatable bonds is 9. The Bertz CT molecular complexity index is 1660.